The highest BCUT2D eigenvalue weighted by atomic mass is 15.3. The quantitative estimate of drug-likeness (QED) is 0.564. The van der Waals surface area contributed by atoms with E-state index >= 15 is 0 Å². The van der Waals surface area contributed by atoms with Gasteiger partial charge in [0.2, 0.25) is 0 Å². The highest BCUT2D eigenvalue weighted by molar-refractivity contribution is 5.02. The fourth-order valence-electron chi connectivity index (χ4n) is 2.95. The molecule has 21 heavy (non-hydrogen) atoms. The van der Waals surface area contributed by atoms with Crippen molar-refractivity contribution in [2.24, 2.45) is 0 Å². The Bertz CT molecular complexity index is 355. The average molecular weight is 293 g/mol. The molecule has 1 atom stereocenters. The Hall–Kier alpha value is -0.830. The molecule has 122 valence electrons. The highest BCUT2D eigenvalue weighted by Gasteiger charge is 2.12. The molecule has 0 saturated carbocycles. The normalized spacial score (nSPS) is 13.0. The minimum absolute atomic E-state index is 0.556. The molecule has 0 aliphatic rings. The first-order chi connectivity index (χ1) is 10.2. The van der Waals surface area contributed by atoms with Gasteiger partial charge < -0.3 is 5.32 Å². The van der Waals surface area contributed by atoms with E-state index in [1.165, 1.54) is 44.2 Å². The minimum atomic E-state index is 0.556. The van der Waals surface area contributed by atoms with Crippen molar-refractivity contribution in [1.29, 1.82) is 0 Å². The lowest BCUT2D eigenvalue weighted by Gasteiger charge is -2.15. The van der Waals surface area contributed by atoms with Crippen molar-refractivity contribution in [3.8, 4) is 0 Å². The Balaban J connectivity index is 2.39. The second-order valence-corrected chi connectivity index (χ2v) is 6.15. The van der Waals surface area contributed by atoms with Crippen LogP contribution < -0.4 is 5.32 Å². The fraction of sp³-hybridized carbons (Fsp3) is 0.833. The van der Waals surface area contributed by atoms with Crippen molar-refractivity contribution < 1.29 is 0 Å². The summed E-state index contributed by atoms with van der Waals surface area (Å²) >= 11 is 0. The molecule has 0 aliphatic carbocycles. The van der Waals surface area contributed by atoms with E-state index in [2.05, 4.69) is 50.1 Å². The lowest BCUT2D eigenvalue weighted by atomic mass is 10.0. The minimum Gasteiger partial charge on any atom is -0.317 e. The third kappa shape index (κ3) is 6.64. The topological polar surface area (TPSA) is 29.9 Å². The molecule has 0 saturated heterocycles. The molecule has 0 fully saturated rings. The van der Waals surface area contributed by atoms with Gasteiger partial charge in [-0.2, -0.15) is 5.10 Å². The standard InChI is InChI=1S/C18H35N3/c1-5-8-9-10-11-12-16(19-4)15-17-13-14-21(20-17)18(6-2)7-3/h13-14,16,18-19H,5-12,15H2,1-4H3. The number of hydrogen-bond donors (Lipinski definition) is 1. The van der Waals surface area contributed by atoms with Gasteiger partial charge in [0.05, 0.1) is 11.7 Å². The van der Waals surface area contributed by atoms with Gasteiger partial charge in [0.15, 0.2) is 0 Å². The van der Waals surface area contributed by atoms with Crippen LogP contribution in [0.2, 0.25) is 0 Å². The maximum atomic E-state index is 4.77. The van der Waals surface area contributed by atoms with Crippen molar-refractivity contribution in [1.82, 2.24) is 15.1 Å². The van der Waals surface area contributed by atoms with E-state index in [1.807, 2.05) is 0 Å². The predicted molar refractivity (Wildman–Crippen MR) is 91.8 cm³/mol. The van der Waals surface area contributed by atoms with Crippen LogP contribution in [-0.2, 0) is 6.42 Å². The van der Waals surface area contributed by atoms with E-state index in [-0.39, 0.29) is 0 Å². The van der Waals surface area contributed by atoms with Gasteiger partial charge in [-0.05, 0) is 32.4 Å². The van der Waals surface area contributed by atoms with Crippen LogP contribution in [0.1, 0.15) is 83.9 Å². The zero-order chi connectivity index (χ0) is 15.5. The summed E-state index contributed by atoms with van der Waals surface area (Å²) < 4.78 is 2.16. The third-order valence-electron chi connectivity index (χ3n) is 4.50. The van der Waals surface area contributed by atoms with E-state index in [4.69, 9.17) is 5.10 Å². The summed E-state index contributed by atoms with van der Waals surface area (Å²) in [5.41, 5.74) is 1.23. The Labute approximate surface area is 131 Å². The highest BCUT2D eigenvalue weighted by Crippen LogP contribution is 2.16. The summed E-state index contributed by atoms with van der Waals surface area (Å²) in [5.74, 6) is 0. The SMILES string of the molecule is CCCCCCCC(Cc1ccn(C(CC)CC)n1)NC. The number of likely N-dealkylation sites (N-methyl/N-ethyl adjacent to an activating group) is 1. The molecule has 1 aromatic heterocycles. The van der Waals surface area contributed by atoms with Crippen LogP contribution in [0, 0.1) is 0 Å². The molecule has 0 spiro atoms. The van der Waals surface area contributed by atoms with Gasteiger partial charge in [0.1, 0.15) is 0 Å². The first-order valence-corrected chi connectivity index (χ1v) is 8.96. The van der Waals surface area contributed by atoms with Crippen molar-refractivity contribution in [3.05, 3.63) is 18.0 Å². The maximum Gasteiger partial charge on any atom is 0.0640 e. The number of nitrogens with one attached hydrogen (secondary N) is 1. The Kier molecular flexibility index (Phi) is 9.40. The van der Waals surface area contributed by atoms with Crippen molar-refractivity contribution >= 4 is 0 Å². The number of rotatable bonds is 12. The number of nitrogens with zero attached hydrogens (tertiary/aromatic N) is 2. The second-order valence-electron chi connectivity index (χ2n) is 6.15. The zero-order valence-electron chi connectivity index (χ0n) is 14.6. The molecule has 3 nitrogen and oxygen atoms in total. The van der Waals surface area contributed by atoms with Crippen LogP contribution >= 0.6 is 0 Å². The van der Waals surface area contributed by atoms with Gasteiger partial charge >= 0.3 is 0 Å². The van der Waals surface area contributed by atoms with Crippen molar-refractivity contribution in [2.75, 3.05) is 7.05 Å². The Morgan fingerprint density at radius 1 is 1.10 bits per heavy atom. The number of hydrogen-bond acceptors (Lipinski definition) is 2. The van der Waals surface area contributed by atoms with Gasteiger partial charge in [-0.1, -0.05) is 52.9 Å². The Morgan fingerprint density at radius 2 is 1.81 bits per heavy atom. The van der Waals surface area contributed by atoms with E-state index in [0.29, 0.717) is 12.1 Å². The molecule has 0 aromatic carbocycles. The summed E-state index contributed by atoms with van der Waals surface area (Å²) in [6, 6.07) is 3.32. The van der Waals surface area contributed by atoms with Gasteiger partial charge in [-0.15, -0.1) is 0 Å². The van der Waals surface area contributed by atoms with E-state index < -0.39 is 0 Å². The van der Waals surface area contributed by atoms with Gasteiger partial charge in [-0.3, -0.25) is 4.68 Å². The summed E-state index contributed by atoms with van der Waals surface area (Å²) in [5, 5.41) is 8.23. The van der Waals surface area contributed by atoms with E-state index in [0.717, 1.165) is 19.3 Å². The average Bonchev–Trinajstić information content (AvgIpc) is 2.95. The van der Waals surface area contributed by atoms with Crippen LogP contribution in [0.25, 0.3) is 0 Å². The van der Waals surface area contributed by atoms with E-state index in [1.54, 1.807) is 0 Å². The number of unbranched alkanes of at least 4 members (excludes halogenated alkanes) is 4. The molecule has 0 aliphatic heterocycles. The fourth-order valence-corrected chi connectivity index (χ4v) is 2.95. The van der Waals surface area contributed by atoms with Gasteiger partial charge in [-0.25, -0.2) is 0 Å². The molecule has 0 radical (unpaired) electrons. The smallest absolute Gasteiger partial charge is 0.0640 e. The van der Waals surface area contributed by atoms with Crippen molar-refractivity contribution in [3.63, 3.8) is 0 Å². The van der Waals surface area contributed by atoms with Crippen LogP contribution in [0.5, 0.6) is 0 Å². The molecule has 1 rings (SSSR count). The Morgan fingerprint density at radius 3 is 2.43 bits per heavy atom. The molecule has 0 bridgehead atoms. The predicted octanol–water partition coefficient (Wildman–Crippen LogP) is 4.74. The van der Waals surface area contributed by atoms with Gasteiger partial charge in [0.25, 0.3) is 0 Å². The van der Waals surface area contributed by atoms with Crippen LogP contribution in [0.4, 0.5) is 0 Å². The number of aromatic nitrogens is 2. The molecule has 1 N–H and O–H groups in total. The largest absolute Gasteiger partial charge is 0.317 e. The third-order valence-corrected chi connectivity index (χ3v) is 4.50. The van der Waals surface area contributed by atoms with Crippen molar-refractivity contribution in [2.45, 2.75) is 90.6 Å². The van der Waals surface area contributed by atoms with Gasteiger partial charge in [0, 0.05) is 18.7 Å². The summed E-state index contributed by atoms with van der Waals surface area (Å²) in [4.78, 5) is 0. The van der Waals surface area contributed by atoms with Crippen LogP contribution in [0.3, 0.4) is 0 Å². The van der Waals surface area contributed by atoms with Crippen LogP contribution in [-0.4, -0.2) is 22.9 Å². The molecule has 1 aromatic rings. The molecule has 0 amide bonds. The maximum absolute atomic E-state index is 4.77. The zero-order valence-corrected chi connectivity index (χ0v) is 14.6. The molecular formula is C18H35N3. The monoisotopic (exact) mass is 293 g/mol. The summed E-state index contributed by atoms with van der Waals surface area (Å²) in [7, 11) is 2.08. The summed E-state index contributed by atoms with van der Waals surface area (Å²) in [6.45, 7) is 6.75. The molecular weight excluding hydrogens is 258 g/mol. The first-order valence-electron chi connectivity index (χ1n) is 8.96. The molecule has 1 unspecified atom stereocenters. The molecule has 1 heterocycles. The second kappa shape index (κ2) is 10.8. The van der Waals surface area contributed by atoms with Crippen LogP contribution in [0.15, 0.2) is 12.3 Å². The lowest BCUT2D eigenvalue weighted by molar-refractivity contribution is 0.420. The van der Waals surface area contributed by atoms with E-state index in [9.17, 15) is 0 Å². The first kappa shape index (κ1) is 18.2. The lowest BCUT2D eigenvalue weighted by Crippen LogP contribution is -2.27. The molecule has 3 heteroatoms. The summed E-state index contributed by atoms with van der Waals surface area (Å²) in [6.07, 6.45) is 13.6.